The molecule has 0 aliphatic rings. The highest BCUT2D eigenvalue weighted by molar-refractivity contribution is 5.83. The van der Waals surface area contributed by atoms with E-state index in [1.807, 2.05) is 30.3 Å². The van der Waals surface area contributed by atoms with Gasteiger partial charge in [0.25, 0.3) is 0 Å². The molecule has 2 aromatic carbocycles. The Hall–Kier alpha value is -3.02. The molecule has 0 aromatic heterocycles. The van der Waals surface area contributed by atoms with Gasteiger partial charge in [-0.05, 0) is 53.9 Å². The Morgan fingerprint density at radius 1 is 1.08 bits per heavy atom. The molecule has 6 heteroatoms. The van der Waals surface area contributed by atoms with Gasteiger partial charge in [-0.3, -0.25) is 4.79 Å². The Labute approximate surface area is 153 Å². The van der Waals surface area contributed by atoms with Gasteiger partial charge in [0.05, 0.1) is 33.5 Å². The number of rotatable bonds is 9. The average molecular weight is 356 g/mol. The number of hydrogen-bond donors (Lipinski definition) is 1. The van der Waals surface area contributed by atoms with Crippen molar-refractivity contribution < 1.29 is 19.0 Å². The van der Waals surface area contributed by atoms with Crippen LogP contribution in [-0.4, -0.2) is 32.9 Å². The Kier molecular flexibility index (Phi) is 7.49. The molecular formula is C20H24N2O4. The first-order chi connectivity index (χ1) is 12.7. The van der Waals surface area contributed by atoms with Crippen LogP contribution in [0.15, 0.2) is 47.6 Å². The highest BCUT2D eigenvalue weighted by Gasteiger charge is 2.07. The topological polar surface area (TPSA) is 69.2 Å². The van der Waals surface area contributed by atoms with Crippen LogP contribution in [0, 0.1) is 0 Å². The fraction of sp³-hybridized carbons (Fsp3) is 0.300. The molecule has 0 unspecified atom stereocenters. The summed E-state index contributed by atoms with van der Waals surface area (Å²) in [6, 6.07) is 12.9. The van der Waals surface area contributed by atoms with Crippen molar-refractivity contribution in [3.8, 4) is 17.2 Å². The number of carbonyl (C=O) groups excluding carboxylic acids is 1. The standard InChI is InChI=1S/C20H24N2O4/c1-4-11-26-17-8-5-15(6-9-17)14-21-22-20(23)13-16-7-10-18(24-2)19(12-16)25-3/h5-10,12,14H,4,11,13H2,1-3H3,(H,22,23)/b21-14-. The van der Waals surface area contributed by atoms with E-state index in [4.69, 9.17) is 14.2 Å². The maximum atomic E-state index is 12.0. The molecule has 0 radical (unpaired) electrons. The summed E-state index contributed by atoms with van der Waals surface area (Å²) in [6.07, 6.45) is 2.76. The highest BCUT2D eigenvalue weighted by Crippen LogP contribution is 2.27. The molecular weight excluding hydrogens is 332 g/mol. The zero-order chi connectivity index (χ0) is 18.8. The Morgan fingerprint density at radius 2 is 1.81 bits per heavy atom. The molecule has 0 heterocycles. The summed E-state index contributed by atoms with van der Waals surface area (Å²) in [6.45, 7) is 2.76. The van der Waals surface area contributed by atoms with Crippen LogP contribution >= 0.6 is 0 Å². The summed E-state index contributed by atoms with van der Waals surface area (Å²) in [5.74, 6) is 1.82. The lowest BCUT2D eigenvalue weighted by Gasteiger charge is -2.09. The molecule has 1 N–H and O–H groups in total. The van der Waals surface area contributed by atoms with Crippen molar-refractivity contribution in [3.05, 3.63) is 53.6 Å². The molecule has 0 saturated heterocycles. The van der Waals surface area contributed by atoms with Gasteiger partial charge in [0.1, 0.15) is 5.75 Å². The number of methoxy groups -OCH3 is 2. The van der Waals surface area contributed by atoms with E-state index in [1.165, 1.54) is 0 Å². The van der Waals surface area contributed by atoms with Gasteiger partial charge in [0.15, 0.2) is 11.5 Å². The lowest BCUT2D eigenvalue weighted by molar-refractivity contribution is -0.120. The van der Waals surface area contributed by atoms with E-state index in [9.17, 15) is 4.79 Å². The van der Waals surface area contributed by atoms with E-state index in [0.717, 1.165) is 23.3 Å². The quantitative estimate of drug-likeness (QED) is 0.553. The minimum absolute atomic E-state index is 0.196. The van der Waals surface area contributed by atoms with Crippen LogP contribution in [0.3, 0.4) is 0 Å². The first-order valence-electron chi connectivity index (χ1n) is 8.42. The number of hydrogen-bond acceptors (Lipinski definition) is 5. The van der Waals surface area contributed by atoms with Crippen molar-refractivity contribution in [2.24, 2.45) is 5.10 Å². The number of nitrogens with one attached hydrogen (secondary N) is 1. The smallest absolute Gasteiger partial charge is 0.244 e. The largest absolute Gasteiger partial charge is 0.494 e. The van der Waals surface area contributed by atoms with Gasteiger partial charge in [-0.2, -0.15) is 5.10 Å². The van der Waals surface area contributed by atoms with E-state index in [0.29, 0.717) is 18.1 Å². The number of hydrazone groups is 1. The molecule has 0 bridgehead atoms. The minimum Gasteiger partial charge on any atom is -0.494 e. The average Bonchev–Trinajstić information content (AvgIpc) is 2.67. The van der Waals surface area contributed by atoms with E-state index in [-0.39, 0.29) is 12.3 Å². The van der Waals surface area contributed by atoms with Crippen molar-refractivity contribution in [3.63, 3.8) is 0 Å². The van der Waals surface area contributed by atoms with Crippen LogP contribution in [0.2, 0.25) is 0 Å². The second kappa shape index (κ2) is 10.1. The summed E-state index contributed by atoms with van der Waals surface area (Å²) in [4.78, 5) is 12.0. The molecule has 6 nitrogen and oxygen atoms in total. The Balaban J connectivity index is 1.87. The number of ether oxygens (including phenoxy) is 3. The molecule has 0 atom stereocenters. The number of benzene rings is 2. The lowest BCUT2D eigenvalue weighted by atomic mass is 10.1. The first kappa shape index (κ1) is 19.3. The van der Waals surface area contributed by atoms with Crippen LogP contribution in [0.4, 0.5) is 0 Å². The first-order valence-corrected chi connectivity index (χ1v) is 8.42. The molecule has 0 saturated carbocycles. The van der Waals surface area contributed by atoms with Gasteiger partial charge in [-0.1, -0.05) is 13.0 Å². The summed E-state index contributed by atoms with van der Waals surface area (Å²) in [5.41, 5.74) is 4.21. The van der Waals surface area contributed by atoms with Crippen LogP contribution in [-0.2, 0) is 11.2 Å². The molecule has 26 heavy (non-hydrogen) atoms. The number of carbonyl (C=O) groups is 1. The van der Waals surface area contributed by atoms with Crippen LogP contribution in [0.25, 0.3) is 0 Å². The molecule has 138 valence electrons. The highest BCUT2D eigenvalue weighted by atomic mass is 16.5. The lowest BCUT2D eigenvalue weighted by Crippen LogP contribution is -2.19. The van der Waals surface area contributed by atoms with Crippen LogP contribution < -0.4 is 19.6 Å². The molecule has 0 aliphatic carbocycles. The molecule has 0 fully saturated rings. The summed E-state index contributed by atoms with van der Waals surface area (Å²) in [7, 11) is 3.13. The molecule has 1 amide bonds. The van der Waals surface area contributed by atoms with Crippen molar-refractivity contribution in [1.29, 1.82) is 0 Å². The summed E-state index contributed by atoms with van der Waals surface area (Å²) >= 11 is 0. The fourth-order valence-electron chi connectivity index (χ4n) is 2.26. The van der Waals surface area contributed by atoms with E-state index < -0.39 is 0 Å². The predicted molar refractivity (Wildman–Crippen MR) is 101 cm³/mol. The molecule has 0 spiro atoms. The van der Waals surface area contributed by atoms with E-state index >= 15 is 0 Å². The van der Waals surface area contributed by atoms with Crippen molar-refractivity contribution >= 4 is 12.1 Å². The fourth-order valence-corrected chi connectivity index (χ4v) is 2.26. The van der Waals surface area contributed by atoms with Crippen LogP contribution in [0.1, 0.15) is 24.5 Å². The molecule has 0 aliphatic heterocycles. The SMILES string of the molecule is CCCOc1ccc(/C=N\NC(=O)Cc2ccc(OC)c(OC)c2)cc1. The second-order valence-corrected chi connectivity index (χ2v) is 5.58. The van der Waals surface area contributed by atoms with Gasteiger partial charge < -0.3 is 14.2 Å². The van der Waals surface area contributed by atoms with Crippen molar-refractivity contribution in [1.82, 2.24) is 5.43 Å². The third-order valence-corrected chi connectivity index (χ3v) is 3.57. The summed E-state index contributed by atoms with van der Waals surface area (Å²) < 4.78 is 15.9. The van der Waals surface area contributed by atoms with Crippen molar-refractivity contribution in [2.75, 3.05) is 20.8 Å². The van der Waals surface area contributed by atoms with Gasteiger partial charge in [0, 0.05) is 0 Å². The third-order valence-electron chi connectivity index (χ3n) is 3.57. The maximum Gasteiger partial charge on any atom is 0.244 e. The zero-order valence-corrected chi connectivity index (χ0v) is 15.3. The predicted octanol–water partition coefficient (Wildman–Crippen LogP) is 3.19. The Bertz CT molecular complexity index is 742. The van der Waals surface area contributed by atoms with Gasteiger partial charge in [-0.15, -0.1) is 0 Å². The zero-order valence-electron chi connectivity index (χ0n) is 15.3. The monoisotopic (exact) mass is 356 g/mol. The van der Waals surface area contributed by atoms with Gasteiger partial charge in [-0.25, -0.2) is 5.43 Å². The van der Waals surface area contributed by atoms with E-state index in [1.54, 1.807) is 32.6 Å². The Morgan fingerprint density at radius 3 is 2.46 bits per heavy atom. The number of nitrogens with zero attached hydrogens (tertiary/aromatic N) is 1. The van der Waals surface area contributed by atoms with Crippen LogP contribution in [0.5, 0.6) is 17.2 Å². The van der Waals surface area contributed by atoms with E-state index in [2.05, 4.69) is 17.5 Å². The minimum atomic E-state index is -0.212. The summed E-state index contributed by atoms with van der Waals surface area (Å²) in [5, 5.41) is 3.98. The second-order valence-electron chi connectivity index (χ2n) is 5.58. The third kappa shape index (κ3) is 5.81. The normalized spacial score (nSPS) is 10.6. The van der Waals surface area contributed by atoms with Gasteiger partial charge >= 0.3 is 0 Å². The molecule has 2 aromatic rings. The van der Waals surface area contributed by atoms with Gasteiger partial charge in [0.2, 0.25) is 5.91 Å². The van der Waals surface area contributed by atoms with Crippen molar-refractivity contribution in [2.45, 2.75) is 19.8 Å². The number of amides is 1. The maximum absolute atomic E-state index is 12.0. The molecule has 2 rings (SSSR count).